The molecule has 0 aliphatic carbocycles. The number of amides is 1. The van der Waals surface area contributed by atoms with Gasteiger partial charge in [0.05, 0.1) is 25.5 Å². The topological polar surface area (TPSA) is 71.0 Å². The van der Waals surface area contributed by atoms with Crippen LogP contribution >= 0.6 is 0 Å². The zero-order valence-electron chi connectivity index (χ0n) is 22.5. The van der Waals surface area contributed by atoms with Crippen molar-refractivity contribution in [3.63, 3.8) is 0 Å². The summed E-state index contributed by atoms with van der Waals surface area (Å²) in [5.74, 6) is 0.857. The first-order valence-corrected chi connectivity index (χ1v) is 13.1. The lowest BCUT2D eigenvalue weighted by molar-refractivity contribution is -0.105. The fourth-order valence-corrected chi connectivity index (χ4v) is 4.62. The summed E-state index contributed by atoms with van der Waals surface area (Å²) in [5, 5.41) is 12.8. The Hall–Kier alpha value is -4.13. The maximum atomic E-state index is 11.1. The van der Waals surface area contributed by atoms with Crippen molar-refractivity contribution >= 4 is 12.1 Å². The van der Waals surface area contributed by atoms with E-state index in [0.717, 1.165) is 29.8 Å². The Bertz CT molecular complexity index is 1300. The molecule has 39 heavy (non-hydrogen) atoms. The molecule has 1 amide bonds. The minimum Gasteiger partial charge on any atom is -0.506 e. The van der Waals surface area contributed by atoms with Gasteiger partial charge in [-0.15, -0.1) is 0 Å². The van der Waals surface area contributed by atoms with E-state index in [1.165, 1.54) is 11.1 Å². The van der Waals surface area contributed by atoms with E-state index in [9.17, 15) is 9.90 Å². The second kappa shape index (κ2) is 14.1. The van der Waals surface area contributed by atoms with Crippen LogP contribution in [-0.4, -0.2) is 36.1 Å². The molecule has 0 bridgehead atoms. The average Bonchev–Trinajstić information content (AvgIpc) is 2.97. The molecule has 0 aliphatic heterocycles. The van der Waals surface area contributed by atoms with Gasteiger partial charge in [0.15, 0.2) is 0 Å². The van der Waals surface area contributed by atoms with Gasteiger partial charge in [-0.25, -0.2) is 0 Å². The van der Waals surface area contributed by atoms with Gasteiger partial charge in [0.25, 0.3) is 0 Å². The lowest BCUT2D eigenvalue weighted by Crippen LogP contribution is -2.38. The van der Waals surface area contributed by atoms with Gasteiger partial charge in [-0.2, -0.15) is 0 Å². The number of benzene rings is 4. The molecule has 0 saturated carbocycles. The summed E-state index contributed by atoms with van der Waals surface area (Å²) >= 11 is 0. The monoisotopic (exact) mass is 524 g/mol. The van der Waals surface area contributed by atoms with Gasteiger partial charge in [0, 0.05) is 19.1 Å². The average molecular weight is 525 g/mol. The molecule has 0 saturated heterocycles. The van der Waals surface area contributed by atoms with Crippen molar-refractivity contribution in [3.8, 4) is 11.5 Å². The molecule has 202 valence electrons. The van der Waals surface area contributed by atoms with Crippen molar-refractivity contribution in [2.45, 2.75) is 38.6 Å². The second-order valence-electron chi connectivity index (χ2n) is 9.64. The SMILES string of the molecule is COc1ccc(C[C@@H](C)N(Cc2ccccc2)C[C@H](OCc2ccccc2)c2ccc(O)c(NC=O)c2)cc1. The number of rotatable bonds is 14. The van der Waals surface area contributed by atoms with Crippen LogP contribution in [0.15, 0.2) is 103 Å². The number of carbonyl (C=O) groups is 1. The molecule has 0 heterocycles. The van der Waals surface area contributed by atoms with E-state index in [1.54, 1.807) is 19.2 Å². The van der Waals surface area contributed by atoms with Crippen molar-refractivity contribution < 1.29 is 19.4 Å². The van der Waals surface area contributed by atoms with Crippen LogP contribution in [-0.2, 0) is 29.1 Å². The number of phenols is 1. The van der Waals surface area contributed by atoms with Crippen LogP contribution in [0, 0.1) is 0 Å². The van der Waals surface area contributed by atoms with Crippen LogP contribution in [0.3, 0.4) is 0 Å². The van der Waals surface area contributed by atoms with Crippen molar-refractivity contribution in [1.82, 2.24) is 4.90 Å². The van der Waals surface area contributed by atoms with E-state index < -0.39 is 0 Å². The van der Waals surface area contributed by atoms with Crippen LogP contribution in [0.1, 0.15) is 35.3 Å². The zero-order chi connectivity index (χ0) is 27.5. The van der Waals surface area contributed by atoms with E-state index in [-0.39, 0.29) is 17.9 Å². The molecule has 0 radical (unpaired) electrons. The Kier molecular flexibility index (Phi) is 10.1. The van der Waals surface area contributed by atoms with Crippen molar-refractivity contribution in [3.05, 3.63) is 125 Å². The minimum atomic E-state index is -0.306. The largest absolute Gasteiger partial charge is 0.506 e. The molecule has 0 aromatic heterocycles. The summed E-state index contributed by atoms with van der Waals surface area (Å²) in [4.78, 5) is 13.6. The maximum absolute atomic E-state index is 11.1. The summed E-state index contributed by atoms with van der Waals surface area (Å²) in [6.07, 6.45) is 1.12. The molecule has 4 aromatic carbocycles. The Morgan fingerprint density at radius 1 is 0.872 bits per heavy atom. The molecular formula is C33H36N2O4. The van der Waals surface area contributed by atoms with Gasteiger partial charge >= 0.3 is 0 Å². The Morgan fingerprint density at radius 3 is 2.18 bits per heavy atom. The molecule has 0 fully saturated rings. The van der Waals surface area contributed by atoms with E-state index in [1.807, 2.05) is 54.6 Å². The molecule has 2 atom stereocenters. The smallest absolute Gasteiger partial charge is 0.211 e. The van der Waals surface area contributed by atoms with E-state index in [0.29, 0.717) is 25.2 Å². The summed E-state index contributed by atoms with van der Waals surface area (Å²) in [6, 6.07) is 34.1. The highest BCUT2D eigenvalue weighted by atomic mass is 16.5. The Balaban J connectivity index is 1.62. The first-order valence-electron chi connectivity index (χ1n) is 13.1. The number of ether oxygens (including phenoxy) is 2. The predicted molar refractivity (Wildman–Crippen MR) is 155 cm³/mol. The summed E-state index contributed by atoms with van der Waals surface area (Å²) in [5.41, 5.74) is 4.76. The molecule has 6 heteroatoms. The maximum Gasteiger partial charge on any atom is 0.211 e. The van der Waals surface area contributed by atoms with Gasteiger partial charge < -0.3 is 19.9 Å². The number of nitrogens with zero attached hydrogens (tertiary/aromatic N) is 1. The van der Waals surface area contributed by atoms with Gasteiger partial charge in [0.2, 0.25) is 6.41 Å². The fourth-order valence-electron chi connectivity index (χ4n) is 4.62. The highest BCUT2D eigenvalue weighted by molar-refractivity contribution is 5.75. The van der Waals surface area contributed by atoms with Crippen LogP contribution in [0.25, 0.3) is 0 Å². The quantitative estimate of drug-likeness (QED) is 0.148. The molecule has 4 rings (SSSR count). The van der Waals surface area contributed by atoms with E-state index >= 15 is 0 Å². The van der Waals surface area contributed by atoms with Crippen LogP contribution in [0.5, 0.6) is 11.5 Å². The van der Waals surface area contributed by atoms with E-state index in [2.05, 4.69) is 53.5 Å². The van der Waals surface area contributed by atoms with Gasteiger partial charge in [-0.05, 0) is 59.9 Å². The number of aromatic hydroxyl groups is 1. The second-order valence-corrected chi connectivity index (χ2v) is 9.64. The van der Waals surface area contributed by atoms with Gasteiger partial charge in [-0.3, -0.25) is 9.69 Å². The molecule has 4 aromatic rings. The lowest BCUT2D eigenvalue weighted by Gasteiger charge is -2.33. The van der Waals surface area contributed by atoms with Gasteiger partial charge in [-0.1, -0.05) is 78.9 Å². The number of carbonyl (C=O) groups excluding carboxylic acids is 1. The number of hydrogen-bond acceptors (Lipinski definition) is 5. The Morgan fingerprint density at radius 2 is 1.54 bits per heavy atom. The third-order valence-corrected chi connectivity index (χ3v) is 6.84. The number of phenolic OH excluding ortho intramolecular Hbond substituents is 1. The third-order valence-electron chi connectivity index (χ3n) is 6.84. The molecule has 6 nitrogen and oxygen atoms in total. The van der Waals surface area contributed by atoms with Crippen LogP contribution < -0.4 is 10.1 Å². The summed E-state index contributed by atoms with van der Waals surface area (Å²) in [7, 11) is 1.67. The molecule has 0 spiro atoms. The van der Waals surface area contributed by atoms with Crippen molar-refractivity contribution in [1.29, 1.82) is 0 Å². The fraction of sp³-hybridized carbons (Fsp3) is 0.242. The zero-order valence-corrected chi connectivity index (χ0v) is 22.5. The van der Waals surface area contributed by atoms with Gasteiger partial charge in [0.1, 0.15) is 11.5 Å². The number of methoxy groups -OCH3 is 1. The van der Waals surface area contributed by atoms with Crippen molar-refractivity contribution in [2.24, 2.45) is 0 Å². The predicted octanol–water partition coefficient (Wildman–Crippen LogP) is 6.36. The number of anilines is 1. The van der Waals surface area contributed by atoms with Crippen LogP contribution in [0.4, 0.5) is 5.69 Å². The molecule has 0 unspecified atom stereocenters. The molecule has 0 aliphatic rings. The first kappa shape index (κ1) is 27.9. The van der Waals surface area contributed by atoms with E-state index in [4.69, 9.17) is 9.47 Å². The lowest BCUT2D eigenvalue weighted by atomic mass is 10.0. The summed E-state index contributed by atoms with van der Waals surface area (Å²) < 4.78 is 11.9. The normalized spacial score (nSPS) is 12.6. The minimum absolute atomic E-state index is 0.0154. The first-order chi connectivity index (χ1) is 19.1. The van der Waals surface area contributed by atoms with Crippen molar-refractivity contribution in [2.75, 3.05) is 19.0 Å². The highest BCUT2D eigenvalue weighted by Gasteiger charge is 2.23. The number of hydrogen-bond donors (Lipinski definition) is 2. The number of nitrogens with one attached hydrogen (secondary N) is 1. The molecule has 2 N–H and O–H groups in total. The Labute approximate surface area is 230 Å². The van der Waals surface area contributed by atoms with Crippen LogP contribution in [0.2, 0.25) is 0 Å². The molecular weight excluding hydrogens is 488 g/mol. The highest BCUT2D eigenvalue weighted by Crippen LogP contribution is 2.30. The third kappa shape index (κ3) is 8.18. The summed E-state index contributed by atoms with van der Waals surface area (Å²) in [6.45, 7) is 4.04. The standard InChI is InChI=1S/C33H36N2O4/c1-25(19-26-13-16-30(38-2)17-14-26)35(21-27-9-5-3-6-10-27)22-33(39-23-28-11-7-4-8-12-28)29-15-18-32(37)31(20-29)34-24-36/h3-18,20,24-25,33,37H,19,21-23H2,1-2H3,(H,34,36)/t25-,33+/m1/s1.